The van der Waals surface area contributed by atoms with Crippen molar-refractivity contribution in [2.24, 2.45) is 0 Å². The fourth-order valence-corrected chi connectivity index (χ4v) is 4.27. The smallest absolute Gasteiger partial charge is 0.147 e. The van der Waals surface area contributed by atoms with E-state index in [-0.39, 0.29) is 41.1 Å². The van der Waals surface area contributed by atoms with Gasteiger partial charge in [-0.05, 0) is 0 Å². The van der Waals surface area contributed by atoms with Gasteiger partial charge in [0.25, 0.3) is 0 Å². The molecular weight excluding hydrogens is 454 g/mol. The first-order valence-corrected chi connectivity index (χ1v) is 10.1. The Hall–Kier alpha value is -0.0369. The molecule has 0 heterocycles. The van der Waals surface area contributed by atoms with E-state index in [9.17, 15) is 0 Å². The third-order valence-electron chi connectivity index (χ3n) is 5.86. The normalized spacial score (nSPS) is 20.0. The predicted octanol–water partition coefficient (Wildman–Crippen LogP) is 7.52. The molecule has 0 amide bonds. The fourth-order valence-electron chi connectivity index (χ4n) is 3.73. The van der Waals surface area contributed by atoms with Crippen LogP contribution >= 0.6 is 24.8 Å². The van der Waals surface area contributed by atoms with Gasteiger partial charge >= 0.3 is 171 Å². The second-order valence-corrected chi connectivity index (χ2v) is 10.3. The van der Waals surface area contributed by atoms with E-state index in [1.165, 1.54) is 33.4 Å². The average Bonchev–Trinajstić information content (AvgIpc) is 2.68. The van der Waals surface area contributed by atoms with Crippen molar-refractivity contribution >= 4 is 24.8 Å². The minimum Gasteiger partial charge on any atom is -0.147 e. The van der Waals surface area contributed by atoms with E-state index in [4.69, 9.17) is 2.81 Å². The van der Waals surface area contributed by atoms with Gasteiger partial charge in [0.05, 0.1) is 0 Å². The van der Waals surface area contributed by atoms with Crippen LogP contribution in [-0.4, -0.2) is 0 Å². The molecule has 0 aromatic heterocycles. The van der Waals surface area contributed by atoms with E-state index in [2.05, 4.69) is 87.4 Å². The molecule has 0 bridgehead atoms. The summed E-state index contributed by atoms with van der Waals surface area (Å²) in [6.07, 6.45) is 2.42. The van der Waals surface area contributed by atoms with Gasteiger partial charge < -0.3 is 0 Å². The van der Waals surface area contributed by atoms with Crippen molar-refractivity contribution in [1.29, 1.82) is 0 Å². The second-order valence-electron chi connectivity index (χ2n) is 9.78. The average molecular weight is 490 g/mol. The van der Waals surface area contributed by atoms with Crippen LogP contribution in [0.5, 0.6) is 5.75 Å². The summed E-state index contributed by atoms with van der Waals surface area (Å²) in [5.74, 6) is 1.08. The predicted molar refractivity (Wildman–Crippen MR) is 118 cm³/mol. The zero-order valence-corrected chi connectivity index (χ0v) is 22.5. The first kappa shape index (κ1) is 27.0. The van der Waals surface area contributed by atoms with Crippen LogP contribution in [-0.2, 0) is 41.4 Å². The molecule has 0 spiro atoms. The molecule has 1 aromatic rings. The van der Waals surface area contributed by atoms with E-state index >= 15 is 0 Å². The Bertz CT molecular complexity index is 764. The molecule has 1 unspecified atom stereocenters. The Morgan fingerprint density at radius 3 is 1.74 bits per heavy atom. The molecule has 0 saturated heterocycles. The van der Waals surface area contributed by atoms with Gasteiger partial charge in [-0.25, -0.2) is 0 Å². The molecule has 1 atom stereocenters. The molecule has 2 rings (SSSR count). The van der Waals surface area contributed by atoms with E-state index in [1.54, 1.807) is 0 Å². The van der Waals surface area contributed by atoms with Crippen molar-refractivity contribution in [3.8, 4) is 5.75 Å². The summed E-state index contributed by atoms with van der Waals surface area (Å²) in [7, 11) is 0. The fraction of sp³-hybridized carbons (Fsp3) is 0.565. The van der Waals surface area contributed by atoms with Crippen LogP contribution < -0.4 is 2.81 Å². The minimum absolute atomic E-state index is 0. The zero-order chi connectivity index (χ0) is 19.4. The Morgan fingerprint density at radius 2 is 1.41 bits per heavy atom. The summed E-state index contributed by atoms with van der Waals surface area (Å²) in [4.78, 5) is 0. The summed E-state index contributed by atoms with van der Waals surface area (Å²) in [6.45, 7) is 22.8. The minimum atomic E-state index is -0.0959. The van der Waals surface area contributed by atoms with Crippen molar-refractivity contribution in [3.05, 3.63) is 51.6 Å². The largest absolute Gasteiger partial charge is 0.147 e. The standard InChI is InChI=1S/C23H34O.2ClH.Zr/c1-14-13-23(10,16(3)15(14)2)19-12-17(21(4,5)6)11-18(20(19)24)22(7,8)9;;;/h11-13,24H,1-10H3;2*1H;/q;;;+1/p-1. The third kappa shape index (κ3) is 4.94. The van der Waals surface area contributed by atoms with Crippen molar-refractivity contribution in [1.82, 2.24) is 0 Å². The van der Waals surface area contributed by atoms with Gasteiger partial charge in [0.15, 0.2) is 0 Å². The van der Waals surface area contributed by atoms with Gasteiger partial charge in [0, 0.05) is 0 Å². The van der Waals surface area contributed by atoms with Crippen LogP contribution in [0.2, 0.25) is 0 Å². The van der Waals surface area contributed by atoms with Crippen LogP contribution in [0.15, 0.2) is 34.9 Å². The zero-order valence-electron chi connectivity index (χ0n) is 18.5. The number of benzene rings is 1. The number of hydrogen-bond acceptors (Lipinski definition) is 1. The summed E-state index contributed by atoms with van der Waals surface area (Å²) < 4.78 is 6.11. The Balaban J connectivity index is 0.00000338. The SMILES string of the molecule is CC1=CC(C)(c2cc(C(C)(C)C)cc(C(C)(C)C)c2[O][Zr])C(C)=C1C.Cl.Cl. The quantitative estimate of drug-likeness (QED) is 0.417. The van der Waals surface area contributed by atoms with Crippen molar-refractivity contribution < 1.29 is 28.0 Å². The van der Waals surface area contributed by atoms with Gasteiger partial charge in [0.2, 0.25) is 0 Å². The van der Waals surface area contributed by atoms with Gasteiger partial charge in [-0.3, -0.25) is 0 Å². The van der Waals surface area contributed by atoms with Crippen LogP contribution in [0.3, 0.4) is 0 Å². The summed E-state index contributed by atoms with van der Waals surface area (Å²) in [5, 5.41) is 0. The van der Waals surface area contributed by atoms with Gasteiger partial charge in [-0.15, -0.1) is 24.8 Å². The molecule has 151 valence electrons. The number of hydrogen-bond donors (Lipinski definition) is 0. The van der Waals surface area contributed by atoms with E-state index < -0.39 is 0 Å². The molecule has 0 aliphatic heterocycles. The van der Waals surface area contributed by atoms with E-state index in [0.29, 0.717) is 0 Å². The summed E-state index contributed by atoms with van der Waals surface area (Å²) in [5.41, 5.74) is 8.30. The molecule has 1 aliphatic rings. The molecule has 1 aliphatic carbocycles. The van der Waals surface area contributed by atoms with Gasteiger partial charge in [-0.2, -0.15) is 0 Å². The number of halogens is 2. The van der Waals surface area contributed by atoms with Crippen LogP contribution in [0.4, 0.5) is 0 Å². The maximum absolute atomic E-state index is 6.11. The Kier molecular flexibility index (Phi) is 8.75. The van der Waals surface area contributed by atoms with E-state index in [1.807, 2.05) is 0 Å². The summed E-state index contributed by atoms with van der Waals surface area (Å²) in [6, 6.07) is 4.75. The van der Waals surface area contributed by atoms with Crippen LogP contribution in [0, 0.1) is 0 Å². The maximum atomic E-state index is 6.11. The number of allylic oxidation sites excluding steroid dienone is 4. The first-order valence-electron chi connectivity index (χ1n) is 9.14. The summed E-state index contributed by atoms with van der Waals surface area (Å²) >= 11 is 1.09. The number of rotatable bonds is 2. The van der Waals surface area contributed by atoms with Crippen molar-refractivity contribution in [2.75, 3.05) is 0 Å². The van der Waals surface area contributed by atoms with Crippen molar-refractivity contribution in [2.45, 2.75) is 85.5 Å². The molecule has 27 heavy (non-hydrogen) atoms. The van der Waals surface area contributed by atoms with Crippen molar-refractivity contribution in [3.63, 3.8) is 0 Å². The monoisotopic (exact) mass is 487 g/mol. The molecule has 1 nitrogen and oxygen atoms in total. The Morgan fingerprint density at radius 1 is 0.889 bits per heavy atom. The van der Waals surface area contributed by atoms with Crippen LogP contribution in [0.1, 0.15) is 85.9 Å². The molecule has 0 N–H and O–H groups in total. The van der Waals surface area contributed by atoms with Gasteiger partial charge in [-0.1, -0.05) is 0 Å². The molecule has 0 fully saturated rings. The van der Waals surface area contributed by atoms with E-state index in [0.717, 1.165) is 30.9 Å². The molecule has 1 aromatic carbocycles. The maximum Gasteiger partial charge on any atom is -0.147 e. The van der Waals surface area contributed by atoms with Crippen LogP contribution in [0.25, 0.3) is 0 Å². The topological polar surface area (TPSA) is 9.23 Å². The molecule has 0 saturated carbocycles. The molecular formula is C23H35Cl2OZr. The molecule has 4 heteroatoms. The Labute approximate surface area is 194 Å². The first-order chi connectivity index (χ1) is 11.2. The molecule has 0 radical (unpaired) electrons. The van der Waals surface area contributed by atoms with Gasteiger partial charge in [0.1, 0.15) is 0 Å². The third-order valence-corrected chi connectivity index (χ3v) is 6.36. The second kappa shape index (κ2) is 8.77.